The molecule has 1 aromatic heterocycles. The quantitative estimate of drug-likeness (QED) is 0.847. The van der Waals surface area contributed by atoms with Crippen LogP contribution in [0.25, 0.3) is 0 Å². The van der Waals surface area contributed by atoms with Crippen LogP contribution in [0, 0.1) is 6.92 Å². The van der Waals surface area contributed by atoms with Crippen LogP contribution in [0.15, 0.2) is 24.3 Å². The number of halogens is 3. The number of aromatic nitrogens is 1. The van der Waals surface area contributed by atoms with Crippen molar-refractivity contribution in [1.82, 2.24) is 4.98 Å². The maximum absolute atomic E-state index is 6.04. The van der Waals surface area contributed by atoms with Gasteiger partial charge < -0.3 is 11.1 Å². The number of hydrogen-bond donors (Lipinski definition) is 2. The number of anilines is 3. The number of rotatable bonds is 2. The third-order valence-electron chi connectivity index (χ3n) is 2.40. The van der Waals surface area contributed by atoms with Crippen molar-refractivity contribution in [3.63, 3.8) is 0 Å². The lowest BCUT2D eigenvalue weighted by Crippen LogP contribution is -2.00. The summed E-state index contributed by atoms with van der Waals surface area (Å²) >= 11 is 17.8. The van der Waals surface area contributed by atoms with Crippen LogP contribution in [-0.2, 0) is 0 Å². The molecule has 0 saturated carbocycles. The van der Waals surface area contributed by atoms with Gasteiger partial charge in [-0.25, -0.2) is 4.98 Å². The van der Waals surface area contributed by atoms with E-state index >= 15 is 0 Å². The number of pyridine rings is 1. The van der Waals surface area contributed by atoms with E-state index in [1.165, 1.54) is 0 Å². The zero-order valence-electron chi connectivity index (χ0n) is 9.47. The zero-order valence-corrected chi connectivity index (χ0v) is 11.7. The van der Waals surface area contributed by atoms with Crippen molar-refractivity contribution in [3.8, 4) is 0 Å². The molecule has 3 nitrogen and oxygen atoms in total. The fourth-order valence-electron chi connectivity index (χ4n) is 1.46. The zero-order chi connectivity index (χ0) is 13.3. The molecular formula is C12H10Cl3N3. The molecule has 0 aliphatic carbocycles. The molecule has 0 aliphatic rings. The van der Waals surface area contributed by atoms with Gasteiger partial charge in [0.1, 0.15) is 5.82 Å². The summed E-state index contributed by atoms with van der Waals surface area (Å²) < 4.78 is 0. The fraction of sp³-hybridized carbons (Fsp3) is 0.0833. The van der Waals surface area contributed by atoms with Crippen molar-refractivity contribution >= 4 is 52.1 Å². The number of nitrogens with zero attached hydrogens (tertiary/aromatic N) is 1. The van der Waals surface area contributed by atoms with Crippen molar-refractivity contribution in [2.75, 3.05) is 11.1 Å². The van der Waals surface area contributed by atoms with Gasteiger partial charge >= 0.3 is 0 Å². The molecule has 0 atom stereocenters. The van der Waals surface area contributed by atoms with E-state index in [0.717, 1.165) is 11.3 Å². The van der Waals surface area contributed by atoms with Gasteiger partial charge in [-0.15, -0.1) is 0 Å². The van der Waals surface area contributed by atoms with E-state index in [1.54, 1.807) is 12.1 Å². The third kappa shape index (κ3) is 2.80. The second-order valence-corrected chi connectivity index (χ2v) is 5.02. The standard InChI is InChI=1S/C12H10Cl3N3/c1-6-4-7(13)2-3-10(6)17-12-9(15)5-8(14)11(16)18-12/h2-5H,1H3,(H3,16,17,18). The van der Waals surface area contributed by atoms with Gasteiger partial charge in [-0.1, -0.05) is 34.8 Å². The number of nitrogens with one attached hydrogen (secondary N) is 1. The van der Waals surface area contributed by atoms with Crippen LogP contribution in [0.3, 0.4) is 0 Å². The molecular weight excluding hydrogens is 293 g/mol. The van der Waals surface area contributed by atoms with E-state index in [-0.39, 0.29) is 5.82 Å². The fourth-order valence-corrected chi connectivity index (χ4v) is 2.10. The molecule has 0 saturated heterocycles. The summed E-state index contributed by atoms with van der Waals surface area (Å²) in [6, 6.07) is 7.03. The smallest absolute Gasteiger partial charge is 0.151 e. The maximum Gasteiger partial charge on any atom is 0.151 e. The van der Waals surface area contributed by atoms with E-state index < -0.39 is 0 Å². The summed E-state index contributed by atoms with van der Waals surface area (Å²) in [6.45, 7) is 1.93. The van der Waals surface area contributed by atoms with Crippen molar-refractivity contribution in [3.05, 3.63) is 44.9 Å². The van der Waals surface area contributed by atoms with Crippen LogP contribution in [0.2, 0.25) is 15.1 Å². The van der Waals surface area contributed by atoms with Crippen LogP contribution in [0.1, 0.15) is 5.56 Å². The largest absolute Gasteiger partial charge is 0.382 e. The minimum atomic E-state index is 0.232. The molecule has 0 unspecified atom stereocenters. The second-order valence-electron chi connectivity index (χ2n) is 3.77. The predicted octanol–water partition coefficient (Wildman–Crippen LogP) is 4.68. The molecule has 0 bridgehead atoms. The first-order chi connectivity index (χ1) is 8.47. The lowest BCUT2D eigenvalue weighted by molar-refractivity contribution is 1.30. The Balaban J connectivity index is 2.37. The summed E-state index contributed by atoms with van der Waals surface area (Å²) in [7, 11) is 0. The molecule has 0 aliphatic heterocycles. The number of aryl methyl sites for hydroxylation is 1. The summed E-state index contributed by atoms with van der Waals surface area (Å²) in [5.41, 5.74) is 7.48. The molecule has 0 amide bonds. The van der Waals surface area contributed by atoms with E-state index in [4.69, 9.17) is 40.5 Å². The topological polar surface area (TPSA) is 50.9 Å². The Morgan fingerprint density at radius 3 is 2.50 bits per heavy atom. The molecule has 94 valence electrons. The first-order valence-electron chi connectivity index (χ1n) is 5.12. The van der Waals surface area contributed by atoms with Crippen LogP contribution in [0.5, 0.6) is 0 Å². The number of benzene rings is 1. The Labute approximate surface area is 120 Å². The Morgan fingerprint density at radius 2 is 1.83 bits per heavy atom. The first-order valence-corrected chi connectivity index (χ1v) is 6.25. The van der Waals surface area contributed by atoms with Crippen molar-refractivity contribution in [1.29, 1.82) is 0 Å². The second kappa shape index (κ2) is 5.22. The monoisotopic (exact) mass is 301 g/mol. The van der Waals surface area contributed by atoms with E-state index in [9.17, 15) is 0 Å². The van der Waals surface area contributed by atoms with Crippen LogP contribution >= 0.6 is 34.8 Å². The van der Waals surface area contributed by atoms with Crippen molar-refractivity contribution in [2.45, 2.75) is 6.92 Å². The van der Waals surface area contributed by atoms with E-state index in [2.05, 4.69) is 10.3 Å². The maximum atomic E-state index is 6.04. The molecule has 2 rings (SSSR count). The summed E-state index contributed by atoms with van der Waals surface area (Å²) in [5.74, 6) is 0.694. The Bertz CT molecular complexity index is 599. The molecule has 1 heterocycles. The van der Waals surface area contributed by atoms with E-state index in [1.807, 2.05) is 19.1 Å². The first kappa shape index (κ1) is 13.3. The lowest BCUT2D eigenvalue weighted by atomic mass is 10.2. The molecule has 6 heteroatoms. The molecule has 18 heavy (non-hydrogen) atoms. The Hall–Kier alpha value is -1.16. The molecule has 2 aromatic rings. The molecule has 0 radical (unpaired) electrons. The lowest BCUT2D eigenvalue weighted by Gasteiger charge is -2.11. The predicted molar refractivity (Wildman–Crippen MR) is 78.1 cm³/mol. The minimum Gasteiger partial charge on any atom is -0.382 e. The summed E-state index contributed by atoms with van der Waals surface area (Å²) in [6.07, 6.45) is 0. The van der Waals surface area contributed by atoms with Gasteiger partial charge in [-0.2, -0.15) is 0 Å². The Kier molecular flexibility index (Phi) is 3.85. The normalized spacial score (nSPS) is 10.4. The highest BCUT2D eigenvalue weighted by Crippen LogP contribution is 2.31. The average Bonchev–Trinajstić information content (AvgIpc) is 2.29. The number of nitrogens with two attached hydrogens (primary N) is 1. The van der Waals surface area contributed by atoms with Gasteiger partial charge in [-0.05, 0) is 36.8 Å². The highest BCUT2D eigenvalue weighted by atomic mass is 35.5. The highest BCUT2D eigenvalue weighted by molar-refractivity contribution is 6.37. The summed E-state index contributed by atoms with van der Waals surface area (Å²) in [5, 5.41) is 4.51. The van der Waals surface area contributed by atoms with Gasteiger partial charge in [0.25, 0.3) is 0 Å². The molecule has 0 spiro atoms. The molecule has 3 N–H and O–H groups in total. The van der Waals surface area contributed by atoms with E-state index in [0.29, 0.717) is 20.9 Å². The van der Waals surface area contributed by atoms with Gasteiger partial charge in [0.05, 0.1) is 10.0 Å². The number of nitrogen functional groups attached to an aromatic ring is 1. The van der Waals surface area contributed by atoms with Crippen LogP contribution in [-0.4, -0.2) is 4.98 Å². The molecule has 1 aromatic carbocycles. The van der Waals surface area contributed by atoms with Gasteiger partial charge in [0, 0.05) is 10.7 Å². The van der Waals surface area contributed by atoms with Gasteiger partial charge in [-0.3, -0.25) is 0 Å². The average molecular weight is 303 g/mol. The summed E-state index contributed by atoms with van der Waals surface area (Å²) in [4.78, 5) is 4.10. The third-order valence-corrected chi connectivity index (χ3v) is 3.22. The van der Waals surface area contributed by atoms with Gasteiger partial charge in [0.15, 0.2) is 5.82 Å². The molecule has 0 fully saturated rings. The van der Waals surface area contributed by atoms with Gasteiger partial charge in [0.2, 0.25) is 0 Å². The highest BCUT2D eigenvalue weighted by Gasteiger charge is 2.08. The van der Waals surface area contributed by atoms with Crippen molar-refractivity contribution in [2.24, 2.45) is 0 Å². The Morgan fingerprint density at radius 1 is 1.11 bits per heavy atom. The minimum absolute atomic E-state index is 0.232. The van der Waals surface area contributed by atoms with Crippen LogP contribution < -0.4 is 11.1 Å². The number of hydrogen-bond acceptors (Lipinski definition) is 3. The van der Waals surface area contributed by atoms with Crippen LogP contribution in [0.4, 0.5) is 17.3 Å². The van der Waals surface area contributed by atoms with Crippen molar-refractivity contribution < 1.29 is 0 Å². The SMILES string of the molecule is Cc1cc(Cl)ccc1Nc1nc(N)c(Cl)cc1Cl.